The normalized spacial score (nSPS) is 11.4. The van der Waals surface area contributed by atoms with Gasteiger partial charge in [-0.25, -0.2) is 0 Å². The van der Waals surface area contributed by atoms with Crippen molar-refractivity contribution in [3.63, 3.8) is 0 Å². The zero-order chi connectivity index (χ0) is 15.1. The molecule has 0 aliphatic heterocycles. The maximum absolute atomic E-state index is 4.48. The monoisotopic (exact) mass is 286 g/mol. The van der Waals surface area contributed by atoms with E-state index in [1.54, 1.807) is 0 Å². The van der Waals surface area contributed by atoms with Crippen molar-refractivity contribution in [3.05, 3.63) is 72.1 Å². The lowest BCUT2D eigenvalue weighted by Gasteiger charge is -2.08. The lowest BCUT2D eigenvalue weighted by Crippen LogP contribution is -1.94. The van der Waals surface area contributed by atoms with Crippen LogP contribution in [0, 0.1) is 6.92 Å². The van der Waals surface area contributed by atoms with Gasteiger partial charge in [0.25, 0.3) is 0 Å². The average Bonchev–Trinajstić information content (AvgIpc) is 2.88. The zero-order valence-electron chi connectivity index (χ0n) is 12.9. The minimum atomic E-state index is 1.04. The quantitative estimate of drug-likeness (QED) is 0.504. The smallest absolute Gasteiger partial charge is 0.0574 e. The molecule has 22 heavy (non-hydrogen) atoms. The summed E-state index contributed by atoms with van der Waals surface area (Å²) in [7, 11) is 0. The highest BCUT2D eigenvalue weighted by molar-refractivity contribution is 6.08. The summed E-state index contributed by atoms with van der Waals surface area (Å²) in [5.74, 6) is 0. The first-order chi connectivity index (χ1) is 10.8. The molecule has 0 saturated carbocycles. The molecule has 0 fully saturated rings. The van der Waals surface area contributed by atoms with Crippen LogP contribution in [-0.2, 0) is 6.42 Å². The van der Waals surface area contributed by atoms with Crippen molar-refractivity contribution in [1.82, 2.24) is 9.55 Å². The van der Waals surface area contributed by atoms with Crippen molar-refractivity contribution >= 4 is 21.8 Å². The molecule has 0 N–H and O–H groups in total. The van der Waals surface area contributed by atoms with E-state index in [0.717, 1.165) is 12.1 Å². The molecule has 0 bridgehead atoms. The van der Waals surface area contributed by atoms with Gasteiger partial charge in [-0.2, -0.15) is 0 Å². The van der Waals surface area contributed by atoms with E-state index in [0.29, 0.717) is 0 Å². The highest BCUT2D eigenvalue weighted by atomic mass is 15.0. The van der Waals surface area contributed by atoms with Gasteiger partial charge in [-0.15, -0.1) is 0 Å². The summed E-state index contributed by atoms with van der Waals surface area (Å²) in [6, 6.07) is 19.5. The minimum Gasteiger partial charge on any atom is -0.309 e. The second kappa shape index (κ2) is 4.99. The fraction of sp³-hybridized carbons (Fsp3) is 0.150. The van der Waals surface area contributed by atoms with Crippen molar-refractivity contribution in [2.45, 2.75) is 20.3 Å². The molecule has 2 heteroatoms. The Bertz CT molecular complexity index is 962. The predicted molar refractivity (Wildman–Crippen MR) is 92.7 cm³/mol. The largest absolute Gasteiger partial charge is 0.309 e. The SMILES string of the molecule is CCc1ccc(-n2c3ccccc3c3cnc(C)cc32)cc1. The maximum Gasteiger partial charge on any atom is 0.0574 e. The van der Waals surface area contributed by atoms with Gasteiger partial charge < -0.3 is 4.57 Å². The standard InChI is InChI=1S/C20H18N2/c1-3-15-8-10-16(11-9-15)22-19-7-5-4-6-17(19)18-13-21-14(2)12-20(18)22/h4-13H,3H2,1-2H3. The Morgan fingerprint density at radius 1 is 0.909 bits per heavy atom. The molecule has 2 nitrogen and oxygen atoms in total. The molecule has 2 heterocycles. The van der Waals surface area contributed by atoms with Crippen molar-refractivity contribution in [2.24, 2.45) is 0 Å². The van der Waals surface area contributed by atoms with Gasteiger partial charge in [-0.1, -0.05) is 37.3 Å². The molecule has 0 unspecified atom stereocenters. The van der Waals surface area contributed by atoms with Gasteiger partial charge in [-0.3, -0.25) is 4.98 Å². The fourth-order valence-electron chi connectivity index (χ4n) is 3.12. The molecule has 0 spiro atoms. The molecule has 2 aromatic heterocycles. The van der Waals surface area contributed by atoms with Crippen molar-refractivity contribution in [3.8, 4) is 5.69 Å². The fourth-order valence-corrected chi connectivity index (χ4v) is 3.12. The van der Waals surface area contributed by atoms with Crippen LogP contribution in [0.15, 0.2) is 60.8 Å². The van der Waals surface area contributed by atoms with E-state index in [4.69, 9.17) is 0 Å². The van der Waals surface area contributed by atoms with Crippen molar-refractivity contribution in [2.75, 3.05) is 0 Å². The molecular formula is C20H18N2. The Hall–Kier alpha value is -2.61. The molecule has 108 valence electrons. The van der Waals surface area contributed by atoms with Crippen LogP contribution in [0.4, 0.5) is 0 Å². The van der Waals surface area contributed by atoms with E-state index in [9.17, 15) is 0 Å². The van der Waals surface area contributed by atoms with Crippen LogP contribution in [-0.4, -0.2) is 9.55 Å². The summed E-state index contributed by atoms with van der Waals surface area (Å²) in [5.41, 5.74) is 6.06. The number of aryl methyl sites for hydroxylation is 2. The second-order valence-electron chi connectivity index (χ2n) is 5.72. The third-order valence-corrected chi connectivity index (χ3v) is 4.30. The molecule has 0 saturated heterocycles. The van der Waals surface area contributed by atoms with Gasteiger partial charge in [0, 0.05) is 28.4 Å². The number of fused-ring (bicyclic) bond motifs is 3. The number of aromatic nitrogens is 2. The zero-order valence-corrected chi connectivity index (χ0v) is 12.9. The molecule has 4 rings (SSSR count). The molecule has 2 aromatic carbocycles. The summed E-state index contributed by atoms with van der Waals surface area (Å²) in [4.78, 5) is 4.48. The Morgan fingerprint density at radius 3 is 2.45 bits per heavy atom. The summed E-state index contributed by atoms with van der Waals surface area (Å²) in [6.45, 7) is 4.23. The lowest BCUT2D eigenvalue weighted by atomic mass is 10.1. The molecule has 0 atom stereocenters. The van der Waals surface area contributed by atoms with Crippen LogP contribution in [0.5, 0.6) is 0 Å². The lowest BCUT2D eigenvalue weighted by molar-refractivity contribution is 1.11. The van der Waals surface area contributed by atoms with Gasteiger partial charge in [0.2, 0.25) is 0 Å². The average molecular weight is 286 g/mol. The van der Waals surface area contributed by atoms with Crippen LogP contribution in [0.1, 0.15) is 18.2 Å². The van der Waals surface area contributed by atoms with Crippen molar-refractivity contribution in [1.29, 1.82) is 0 Å². The van der Waals surface area contributed by atoms with E-state index in [1.807, 2.05) is 13.1 Å². The first-order valence-electron chi connectivity index (χ1n) is 7.73. The summed E-state index contributed by atoms with van der Waals surface area (Å²) >= 11 is 0. The van der Waals surface area contributed by atoms with Gasteiger partial charge in [0.1, 0.15) is 0 Å². The van der Waals surface area contributed by atoms with Gasteiger partial charge >= 0.3 is 0 Å². The number of para-hydroxylation sites is 1. The molecule has 4 aromatic rings. The van der Waals surface area contributed by atoms with Gasteiger partial charge in [0.15, 0.2) is 0 Å². The van der Waals surface area contributed by atoms with E-state index >= 15 is 0 Å². The van der Waals surface area contributed by atoms with Gasteiger partial charge in [-0.05, 0) is 43.2 Å². The summed E-state index contributed by atoms with van der Waals surface area (Å²) < 4.78 is 2.33. The van der Waals surface area contributed by atoms with E-state index < -0.39 is 0 Å². The summed E-state index contributed by atoms with van der Waals surface area (Å²) in [5, 5.41) is 2.46. The number of pyridine rings is 1. The Kier molecular flexibility index (Phi) is 2.97. The molecular weight excluding hydrogens is 268 g/mol. The number of hydrogen-bond acceptors (Lipinski definition) is 1. The highest BCUT2D eigenvalue weighted by Gasteiger charge is 2.12. The van der Waals surface area contributed by atoms with Crippen LogP contribution >= 0.6 is 0 Å². The molecule has 0 aliphatic rings. The van der Waals surface area contributed by atoms with Crippen LogP contribution in [0.3, 0.4) is 0 Å². The highest BCUT2D eigenvalue weighted by Crippen LogP contribution is 2.31. The maximum atomic E-state index is 4.48. The molecule has 0 radical (unpaired) electrons. The predicted octanol–water partition coefficient (Wildman–Crippen LogP) is 5.05. The molecule has 0 amide bonds. The number of benzene rings is 2. The van der Waals surface area contributed by atoms with Gasteiger partial charge in [0.05, 0.1) is 11.0 Å². The number of hydrogen-bond donors (Lipinski definition) is 0. The minimum absolute atomic E-state index is 1.04. The summed E-state index contributed by atoms with van der Waals surface area (Å²) in [6.07, 6.45) is 3.06. The van der Waals surface area contributed by atoms with Crippen LogP contribution in [0.2, 0.25) is 0 Å². The van der Waals surface area contributed by atoms with E-state index in [-0.39, 0.29) is 0 Å². The second-order valence-corrected chi connectivity index (χ2v) is 5.72. The Balaban J connectivity index is 2.10. The van der Waals surface area contributed by atoms with E-state index in [2.05, 4.69) is 71.1 Å². The Labute approximate surface area is 130 Å². The number of rotatable bonds is 2. The third-order valence-electron chi connectivity index (χ3n) is 4.30. The van der Waals surface area contributed by atoms with Crippen LogP contribution < -0.4 is 0 Å². The van der Waals surface area contributed by atoms with Crippen molar-refractivity contribution < 1.29 is 0 Å². The van der Waals surface area contributed by atoms with Crippen LogP contribution in [0.25, 0.3) is 27.5 Å². The number of nitrogens with zero attached hydrogens (tertiary/aromatic N) is 2. The third kappa shape index (κ3) is 1.92. The first-order valence-corrected chi connectivity index (χ1v) is 7.73. The molecule has 0 aliphatic carbocycles. The first kappa shape index (κ1) is 13.1. The topological polar surface area (TPSA) is 17.8 Å². The Morgan fingerprint density at radius 2 is 1.68 bits per heavy atom. The van der Waals surface area contributed by atoms with E-state index in [1.165, 1.54) is 33.1 Å².